The summed E-state index contributed by atoms with van der Waals surface area (Å²) in [7, 11) is 0. The highest BCUT2D eigenvalue weighted by Gasteiger charge is 2.22. The first-order chi connectivity index (χ1) is 7.16. The van der Waals surface area contributed by atoms with Crippen molar-refractivity contribution >= 4 is 23.0 Å². The third-order valence-corrected chi connectivity index (χ3v) is 2.53. The maximum Gasteiger partial charge on any atom is 0.310 e. The lowest BCUT2D eigenvalue weighted by molar-refractivity contribution is -0.384. The van der Waals surface area contributed by atoms with Gasteiger partial charge in [-0.2, -0.15) is 0 Å². The van der Waals surface area contributed by atoms with Gasteiger partial charge in [0.05, 0.1) is 4.92 Å². The van der Waals surface area contributed by atoms with Crippen molar-refractivity contribution in [1.29, 1.82) is 0 Å². The molecule has 0 bridgehead atoms. The lowest BCUT2D eigenvalue weighted by atomic mass is 10.3. The fourth-order valence-corrected chi connectivity index (χ4v) is 1.44. The van der Waals surface area contributed by atoms with Gasteiger partial charge in [-0.3, -0.25) is 10.1 Å². The Morgan fingerprint density at radius 3 is 3.00 bits per heavy atom. The summed E-state index contributed by atoms with van der Waals surface area (Å²) >= 11 is 5.68. The standard InChI is InChI=1S/C9H10ClN3O2/c10-9-3-7(11-4-6-1-2-6)8(5-12-9)13(14)15/h3,5-6H,1-2,4H2,(H,11,12). The Bertz CT molecular complexity index is 393. The van der Waals surface area contributed by atoms with Crippen molar-refractivity contribution in [2.24, 2.45) is 5.92 Å². The number of hydrogen-bond acceptors (Lipinski definition) is 4. The topological polar surface area (TPSA) is 68.1 Å². The third kappa shape index (κ3) is 2.56. The van der Waals surface area contributed by atoms with Crippen LogP contribution in [0, 0.1) is 16.0 Å². The maximum atomic E-state index is 10.7. The van der Waals surface area contributed by atoms with E-state index in [1.165, 1.54) is 25.1 Å². The van der Waals surface area contributed by atoms with Crippen LogP contribution in [0.2, 0.25) is 5.15 Å². The van der Waals surface area contributed by atoms with Gasteiger partial charge in [0.15, 0.2) is 0 Å². The van der Waals surface area contributed by atoms with Crippen LogP contribution in [0.4, 0.5) is 11.4 Å². The molecule has 0 aromatic carbocycles. The summed E-state index contributed by atoms with van der Waals surface area (Å²) in [6, 6.07) is 1.49. The van der Waals surface area contributed by atoms with E-state index in [0.717, 1.165) is 6.54 Å². The first-order valence-electron chi connectivity index (χ1n) is 4.70. The molecule has 1 heterocycles. The molecule has 0 amide bonds. The van der Waals surface area contributed by atoms with Crippen LogP contribution < -0.4 is 5.32 Å². The van der Waals surface area contributed by atoms with E-state index in [9.17, 15) is 10.1 Å². The minimum atomic E-state index is -0.460. The maximum absolute atomic E-state index is 10.7. The number of anilines is 1. The van der Waals surface area contributed by atoms with Gasteiger partial charge in [0, 0.05) is 12.6 Å². The molecule has 2 rings (SSSR count). The van der Waals surface area contributed by atoms with E-state index in [1.54, 1.807) is 0 Å². The zero-order valence-corrected chi connectivity index (χ0v) is 8.70. The zero-order chi connectivity index (χ0) is 10.8. The molecule has 1 saturated carbocycles. The highest BCUT2D eigenvalue weighted by atomic mass is 35.5. The molecular formula is C9H10ClN3O2. The molecule has 6 heteroatoms. The molecule has 0 saturated heterocycles. The molecule has 1 aromatic rings. The summed E-state index contributed by atoms with van der Waals surface area (Å²) in [5.41, 5.74) is 0.423. The van der Waals surface area contributed by atoms with E-state index in [-0.39, 0.29) is 10.8 Å². The van der Waals surface area contributed by atoms with Gasteiger partial charge in [0.25, 0.3) is 0 Å². The van der Waals surface area contributed by atoms with Crippen LogP contribution in [0.3, 0.4) is 0 Å². The first-order valence-corrected chi connectivity index (χ1v) is 5.08. The van der Waals surface area contributed by atoms with Crippen molar-refractivity contribution in [3.8, 4) is 0 Å². The Balaban J connectivity index is 2.16. The molecule has 0 unspecified atom stereocenters. The fourth-order valence-electron chi connectivity index (χ4n) is 1.29. The molecule has 0 radical (unpaired) electrons. The molecule has 5 nitrogen and oxygen atoms in total. The van der Waals surface area contributed by atoms with E-state index in [4.69, 9.17) is 11.6 Å². The number of nitrogens with zero attached hydrogens (tertiary/aromatic N) is 2. The normalized spacial score (nSPS) is 15.0. The van der Waals surface area contributed by atoms with Gasteiger partial charge in [0.1, 0.15) is 17.0 Å². The van der Waals surface area contributed by atoms with E-state index in [1.807, 2.05) is 0 Å². The van der Waals surface area contributed by atoms with Gasteiger partial charge >= 0.3 is 5.69 Å². The summed E-state index contributed by atoms with van der Waals surface area (Å²) < 4.78 is 0. The second kappa shape index (κ2) is 4.02. The van der Waals surface area contributed by atoms with E-state index in [2.05, 4.69) is 10.3 Å². The van der Waals surface area contributed by atoms with Crippen LogP contribution in [0.5, 0.6) is 0 Å². The number of rotatable bonds is 4. The number of nitrogens with one attached hydrogen (secondary N) is 1. The number of halogens is 1. The monoisotopic (exact) mass is 227 g/mol. The Hall–Kier alpha value is -1.36. The summed E-state index contributed by atoms with van der Waals surface area (Å²) in [5, 5.41) is 14.0. The molecule has 15 heavy (non-hydrogen) atoms. The molecule has 0 aliphatic heterocycles. The van der Waals surface area contributed by atoms with Gasteiger partial charge in [0.2, 0.25) is 0 Å². The molecular weight excluding hydrogens is 218 g/mol. The van der Waals surface area contributed by atoms with E-state index < -0.39 is 4.92 Å². The highest BCUT2D eigenvalue weighted by Crippen LogP contribution is 2.31. The molecule has 0 spiro atoms. The Labute approximate surface area is 91.6 Å². The largest absolute Gasteiger partial charge is 0.379 e. The van der Waals surface area contributed by atoms with Crippen molar-refractivity contribution in [3.63, 3.8) is 0 Å². The minimum Gasteiger partial charge on any atom is -0.379 e. The van der Waals surface area contributed by atoms with Crippen molar-refractivity contribution in [2.45, 2.75) is 12.8 Å². The second-order valence-electron chi connectivity index (χ2n) is 3.61. The zero-order valence-electron chi connectivity index (χ0n) is 7.94. The molecule has 1 N–H and O–H groups in total. The predicted molar refractivity (Wildman–Crippen MR) is 57.1 cm³/mol. The summed E-state index contributed by atoms with van der Waals surface area (Å²) in [6.45, 7) is 0.765. The van der Waals surface area contributed by atoms with Gasteiger partial charge in [-0.05, 0) is 18.8 Å². The van der Waals surface area contributed by atoms with Gasteiger partial charge in [-0.15, -0.1) is 0 Å². The summed E-state index contributed by atoms with van der Waals surface area (Å²) in [4.78, 5) is 13.9. The van der Waals surface area contributed by atoms with Crippen molar-refractivity contribution < 1.29 is 4.92 Å². The second-order valence-corrected chi connectivity index (χ2v) is 3.99. The molecule has 1 aliphatic carbocycles. The molecule has 1 aliphatic rings. The molecule has 0 atom stereocenters. The Morgan fingerprint density at radius 2 is 2.40 bits per heavy atom. The average Bonchev–Trinajstić information content (AvgIpc) is 2.97. The predicted octanol–water partition coefficient (Wildman–Crippen LogP) is 2.47. The van der Waals surface area contributed by atoms with Crippen LogP contribution in [0.25, 0.3) is 0 Å². The van der Waals surface area contributed by atoms with Gasteiger partial charge < -0.3 is 5.32 Å². The lowest BCUT2D eigenvalue weighted by Crippen LogP contribution is -2.06. The quantitative estimate of drug-likeness (QED) is 0.487. The number of nitro groups is 1. The van der Waals surface area contributed by atoms with Crippen LogP contribution in [-0.4, -0.2) is 16.5 Å². The first kappa shape index (κ1) is 10.2. The number of pyridine rings is 1. The third-order valence-electron chi connectivity index (χ3n) is 2.32. The minimum absolute atomic E-state index is 0.0277. The summed E-state index contributed by atoms with van der Waals surface area (Å²) in [5.74, 6) is 0.650. The van der Waals surface area contributed by atoms with Gasteiger partial charge in [-0.25, -0.2) is 4.98 Å². The average molecular weight is 228 g/mol. The number of aromatic nitrogens is 1. The number of hydrogen-bond donors (Lipinski definition) is 1. The van der Waals surface area contributed by atoms with Crippen molar-refractivity contribution in [1.82, 2.24) is 4.98 Å². The lowest BCUT2D eigenvalue weighted by Gasteiger charge is -2.05. The molecule has 1 fully saturated rings. The Kier molecular flexibility index (Phi) is 2.73. The van der Waals surface area contributed by atoms with Crippen LogP contribution in [0.15, 0.2) is 12.3 Å². The van der Waals surface area contributed by atoms with Crippen LogP contribution >= 0.6 is 11.6 Å². The van der Waals surface area contributed by atoms with Crippen LogP contribution in [0.1, 0.15) is 12.8 Å². The summed E-state index contributed by atoms with van der Waals surface area (Å²) in [6.07, 6.45) is 3.57. The SMILES string of the molecule is O=[N+]([O-])c1cnc(Cl)cc1NCC1CC1. The van der Waals surface area contributed by atoms with E-state index in [0.29, 0.717) is 11.6 Å². The highest BCUT2D eigenvalue weighted by molar-refractivity contribution is 6.29. The van der Waals surface area contributed by atoms with Gasteiger partial charge in [-0.1, -0.05) is 11.6 Å². The van der Waals surface area contributed by atoms with Crippen molar-refractivity contribution in [2.75, 3.05) is 11.9 Å². The molecule has 1 aromatic heterocycles. The van der Waals surface area contributed by atoms with E-state index >= 15 is 0 Å². The smallest absolute Gasteiger partial charge is 0.310 e. The van der Waals surface area contributed by atoms with Crippen molar-refractivity contribution in [3.05, 3.63) is 27.5 Å². The fraction of sp³-hybridized carbons (Fsp3) is 0.444. The molecule has 80 valence electrons. The van der Waals surface area contributed by atoms with Crippen LogP contribution in [-0.2, 0) is 0 Å². The Morgan fingerprint density at radius 1 is 1.67 bits per heavy atom.